The summed E-state index contributed by atoms with van der Waals surface area (Å²) in [4.78, 5) is 13.1. The van der Waals surface area contributed by atoms with E-state index in [-0.39, 0.29) is 46.9 Å². The number of phenols is 3. The Kier molecular flexibility index (Phi) is 5.71. The molecule has 1 heterocycles. The molecule has 1 aliphatic rings. The number of Topliss-reactive ketones (excluding diaryl/α,β-unsaturated/α-hetero) is 1. The highest BCUT2D eigenvalue weighted by Crippen LogP contribution is 2.45. The van der Waals surface area contributed by atoms with Crippen molar-refractivity contribution in [2.45, 2.75) is 31.8 Å². The third-order valence-electron chi connectivity index (χ3n) is 5.60. The molecule has 0 radical (unpaired) electrons. The quantitative estimate of drug-likeness (QED) is 0.501. The van der Waals surface area contributed by atoms with Crippen molar-refractivity contribution in [3.05, 3.63) is 76.9 Å². The van der Waals surface area contributed by atoms with Gasteiger partial charge in [0.05, 0.1) is 7.11 Å². The summed E-state index contributed by atoms with van der Waals surface area (Å²) in [7, 11) is 1.60. The molecule has 6 nitrogen and oxygen atoms in total. The van der Waals surface area contributed by atoms with Gasteiger partial charge in [0.2, 0.25) is 0 Å². The molecule has 1 atom stereocenters. The van der Waals surface area contributed by atoms with Gasteiger partial charge in [-0.15, -0.1) is 0 Å². The lowest BCUT2D eigenvalue weighted by molar-refractivity contribution is 0.0967. The summed E-state index contributed by atoms with van der Waals surface area (Å²) in [6, 6.07) is 15.4. The molecule has 4 rings (SSSR count). The minimum atomic E-state index is -0.345. The molecular formula is C25H24O6. The van der Waals surface area contributed by atoms with E-state index >= 15 is 0 Å². The van der Waals surface area contributed by atoms with Crippen LogP contribution < -0.4 is 9.47 Å². The predicted molar refractivity (Wildman–Crippen MR) is 115 cm³/mol. The minimum absolute atomic E-state index is 0.0802. The molecule has 160 valence electrons. The molecule has 0 aliphatic carbocycles. The first-order chi connectivity index (χ1) is 15.0. The van der Waals surface area contributed by atoms with Gasteiger partial charge < -0.3 is 24.8 Å². The van der Waals surface area contributed by atoms with Crippen LogP contribution in [0.2, 0.25) is 0 Å². The van der Waals surface area contributed by atoms with E-state index in [1.54, 1.807) is 31.4 Å². The summed E-state index contributed by atoms with van der Waals surface area (Å²) in [6.07, 6.45) is 1.45. The van der Waals surface area contributed by atoms with Gasteiger partial charge in [-0.3, -0.25) is 4.79 Å². The molecule has 3 N–H and O–H groups in total. The van der Waals surface area contributed by atoms with Gasteiger partial charge in [0, 0.05) is 18.1 Å². The maximum Gasteiger partial charge on any atom is 0.170 e. The number of rotatable bonds is 6. The Morgan fingerprint density at radius 3 is 2.42 bits per heavy atom. The summed E-state index contributed by atoms with van der Waals surface area (Å²) in [6.45, 7) is 0. The van der Waals surface area contributed by atoms with Gasteiger partial charge in [0.1, 0.15) is 40.4 Å². The average molecular weight is 420 g/mol. The lowest BCUT2D eigenvalue weighted by Gasteiger charge is -2.29. The van der Waals surface area contributed by atoms with Gasteiger partial charge in [-0.25, -0.2) is 0 Å². The van der Waals surface area contributed by atoms with E-state index in [2.05, 4.69) is 0 Å². The Bertz CT molecular complexity index is 1090. The normalized spacial score (nSPS) is 15.1. The molecule has 3 aromatic rings. The first-order valence-corrected chi connectivity index (χ1v) is 10.2. The van der Waals surface area contributed by atoms with Crippen LogP contribution in [0, 0.1) is 0 Å². The van der Waals surface area contributed by atoms with Crippen LogP contribution in [0.4, 0.5) is 0 Å². The fraction of sp³-hybridized carbons (Fsp3) is 0.240. The van der Waals surface area contributed by atoms with Crippen molar-refractivity contribution in [3.8, 4) is 28.7 Å². The van der Waals surface area contributed by atoms with E-state index in [1.165, 1.54) is 6.07 Å². The smallest absolute Gasteiger partial charge is 0.170 e. The van der Waals surface area contributed by atoms with Crippen LogP contribution in [0.1, 0.15) is 46.0 Å². The maximum atomic E-state index is 13.1. The molecular weight excluding hydrogens is 396 g/mol. The number of carbonyl (C=O) groups excluding carboxylic acids is 1. The van der Waals surface area contributed by atoms with Crippen molar-refractivity contribution in [1.82, 2.24) is 0 Å². The van der Waals surface area contributed by atoms with E-state index in [1.807, 2.05) is 24.3 Å². The molecule has 0 fully saturated rings. The molecule has 1 aliphatic heterocycles. The van der Waals surface area contributed by atoms with Crippen molar-refractivity contribution in [2.24, 2.45) is 0 Å². The largest absolute Gasteiger partial charge is 0.508 e. The monoisotopic (exact) mass is 420 g/mol. The number of phenolic OH excluding ortho intramolecular Hbond substituents is 3. The second kappa shape index (κ2) is 8.60. The molecule has 0 amide bonds. The maximum absolute atomic E-state index is 13.1. The number of aromatic hydroxyl groups is 3. The molecule has 0 aromatic heterocycles. The molecule has 0 spiro atoms. The Balaban J connectivity index is 1.59. The summed E-state index contributed by atoms with van der Waals surface area (Å²) in [5, 5.41) is 30.3. The second-order valence-electron chi connectivity index (χ2n) is 7.61. The Morgan fingerprint density at radius 1 is 1.03 bits per heavy atom. The number of hydrogen-bond donors (Lipinski definition) is 3. The van der Waals surface area contributed by atoms with Crippen molar-refractivity contribution in [2.75, 3.05) is 7.11 Å². The number of fused-ring (bicyclic) bond motifs is 1. The third kappa shape index (κ3) is 4.28. The molecule has 6 heteroatoms. The number of methoxy groups -OCH3 is 1. The fourth-order valence-electron chi connectivity index (χ4n) is 3.89. The highest BCUT2D eigenvalue weighted by atomic mass is 16.5. The van der Waals surface area contributed by atoms with Crippen LogP contribution in [0.25, 0.3) is 0 Å². The standard InChI is InChI=1S/C25H24O6/c1-30-18-9-2-15(3-10-18)4-12-20(27)24-22(29)14-21(28)19-11-13-23(31-25(19)24)16-5-7-17(26)8-6-16/h2-3,5-10,14,23,26,28-29H,4,11-13H2,1H3. The van der Waals surface area contributed by atoms with Crippen LogP contribution >= 0.6 is 0 Å². The van der Waals surface area contributed by atoms with Crippen LogP contribution in [0.5, 0.6) is 28.7 Å². The fourth-order valence-corrected chi connectivity index (χ4v) is 3.89. The number of aryl methyl sites for hydroxylation is 1. The van der Waals surface area contributed by atoms with E-state index < -0.39 is 0 Å². The molecule has 0 saturated carbocycles. The number of carbonyl (C=O) groups is 1. The topological polar surface area (TPSA) is 96.2 Å². The highest BCUT2D eigenvalue weighted by molar-refractivity contribution is 6.02. The van der Waals surface area contributed by atoms with Crippen molar-refractivity contribution >= 4 is 5.78 Å². The first-order valence-electron chi connectivity index (χ1n) is 10.2. The molecule has 1 unspecified atom stereocenters. The lowest BCUT2D eigenvalue weighted by atomic mass is 9.92. The van der Waals surface area contributed by atoms with Gasteiger partial charge in [-0.2, -0.15) is 0 Å². The van der Waals surface area contributed by atoms with Gasteiger partial charge in [0.15, 0.2) is 5.78 Å². The number of ether oxygens (including phenoxy) is 2. The van der Waals surface area contributed by atoms with Gasteiger partial charge in [-0.05, 0) is 54.7 Å². The zero-order valence-electron chi connectivity index (χ0n) is 17.2. The summed E-state index contributed by atoms with van der Waals surface area (Å²) in [5.74, 6) is 0.516. The van der Waals surface area contributed by atoms with Crippen molar-refractivity contribution < 1.29 is 29.6 Å². The van der Waals surface area contributed by atoms with E-state index in [9.17, 15) is 20.1 Å². The highest BCUT2D eigenvalue weighted by Gasteiger charge is 2.30. The molecule has 3 aromatic carbocycles. The zero-order chi connectivity index (χ0) is 22.0. The van der Waals surface area contributed by atoms with Gasteiger partial charge in [-0.1, -0.05) is 24.3 Å². The second-order valence-corrected chi connectivity index (χ2v) is 7.61. The van der Waals surface area contributed by atoms with Gasteiger partial charge in [0.25, 0.3) is 0 Å². The number of ketones is 1. The van der Waals surface area contributed by atoms with E-state index in [0.29, 0.717) is 24.8 Å². The Morgan fingerprint density at radius 2 is 1.74 bits per heavy atom. The summed E-state index contributed by atoms with van der Waals surface area (Å²) < 4.78 is 11.3. The average Bonchev–Trinajstić information content (AvgIpc) is 2.78. The van der Waals surface area contributed by atoms with Crippen LogP contribution in [-0.4, -0.2) is 28.2 Å². The Labute approximate surface area is 180 Å². The van der Waals surface area contributed by atoms with Crippen molar-refractivity contribution in [1.29, 1.82) is 0 Å². The molecule has 0 bridgehead atoms. The SMILES string of the molecule is COc1ccc(CCC(=O)c2c(O)cc(O)c3c2OC(c2ccc(O)cc2)CC3)cc1. The van der Waals surface area contributed by atoms with Crippen LogP contribution in [-0.2, 0) is 12.8 Å². The minimum Gasteiger partial charge on any atom is -0.508 e. The molecule has 0 saturated heterocycles. The first kappa shape index (κ1) is 20.6. The Hall–Kier alpha value is -3.67. The zero-order valence-corrected chi connectivity index (χ0v) is 17.2. The summed E-state index contributed by atoms with van der Waals surface area (Å²) in [5.41, 5.74) is 2.46. The third-order valence-corrected chi connectivity index (χ3v) is 5.60. The van der Waals surface area contributed by atoms with Gasteiger partial charge >= 0.3 is 0 Å². The van der Waals surface area contributed by atoms with E-state index in [4.69, 9.17) is 9.47 Å². The number of hydrogen-bond acceptors (Lipinski definition) is 6. The van der Waals surface area contributed by atoms with Crippen molar-refractivity contribution in [3.63, 3.8) is 0 Å². The van der Waals surface area contributed by atoms with Crippen LogP contribution in [0.15, 0.2) is 54.6 Å². The number of benzene rings is 3. The van der Waals surface area contributed by atoms with Crippen LogP contribution in [0.3, 0.4) is 0 Å². The van der Waals surface area contributed by atoms with E-state index in [0.717, 1.165) is 16.9 Å². The molecule has 31 heavy (non-hydrogen) atoms. The summed E-state index contributed by atoms with van der Waals surface area (Å²) >= 11 is 0. The lowest BCUT2D eigenvalue weighted by Crippen LogP contribution is -2.18. The predicted octanol–water partition coefficient (Wildman–Crippen LogP) is 4.69.